The SMILES string of the molecule is CC(=O)OC=C(C)[C@@H](C)CCC=C(C)C. The van der Waals surface area contributed by atoms with Gasteiger partial charge in [0.1, 0.15) is 0 Å². The van der Waals surface area contributed by atoms with Crippen molar-refractivity contribution < 1.29 is 9.53 Å². The summed E-state index contributed by atoms with van der Waals surface area (Å²) in [6.45, 7) is 9.76. The van der Waals surface area contributed by atoms with Crippen LogP contribution in [0.2, 0.25) is 0 Å². The second-order valence-corrected chi connectivity index (χ2v) is 4.23. The number of carbonyl (C=O) groups is 1. The molecule has 0 saturated heterocycles. The molecule has 0 N–H and O–H groups in total. The maximum atomic E-state index is 10.6. The third-order valence-electron chi connectivity index (χ3n) is 2.34. The molecule has 2 nitrogen and oxygen atoms in total. The maximum absolute atomic E-state index is 10.6. The van der Waals surface area contributed by atoms with Gasteiger partial charge in [0.2, 0.25) is 0 Å². The van der Waals surface area contributed by atoms with Crippen molar-refractivity contribution in [3.05, 3.63) is 23.5 Å². The lowest BCUT2D eigenvalue weighted by Gasteiger charge is -2.10. The Hall–Kier alpha value is -1.05. The molecule has 0 fully saturated rings. The molecule has 0 saturated carbocycles. The van der Waals surface area contributed by atoms with E-state index in [9.17, 15) is 4.79 Å². The van der Waals surface area contributed by atoms with Gasteiger partial charge in [0.15, 0.2) is 0 Å². The van der Waals surface area contributed by atoms with Gasteiger partial charge in [-0.25, -0.2) is 0 Å². The van der Waals surface area contributed by atoms with Gasteiger partial charge in [0.25, 0.3) is 0 Å². The van der Waals surface area contributed by atoms with Crippen LogP contribution in [0.5, 0.6) is 0 Å². The van der Waals surface area contributed by atoms with Gasteiger partial charge in [0.05, 0.1) is 6.26 Å². The van der Waals surface area contributed by atoms with E-state index < -0.39 is 0 Å². The number of allylic oxidation sites excluding steroid dienone is 3. The van der Waals surface area contributed by atoms with E-state index in [0.29, 0.717) is 5.92 Å². The molecule has 0 aromatic carbocycles. The second-order valence-electron chi connectivity index (χ2n) is 4.23. The highest BCUT2D eigenvalue weighted by Gasteiger charge is 2.03. The normalized spacial score (nSPS) is 13.3. The van der Waals surface area contributed by atoms with Crippen LogP contribution in [0.4, 0.5) is 0 Å². The van der Waals surface area contributed by atoms with Gasteiger partial charge in [0, 0.05) is 6.92 Å². The van der Waals surface area contributed by atoms with Crippen molar-refractivity contribution in [3.8, 4) is 0 Å². The van der Waals surface area contributed by atoms with Crippen LogP contribution in [-0.4, -0.2) is 5.97 Å². The van der Waals surface area contributed by atoms with Crippen molar-refractivity contribution in [2.45, 2.75) is 47.5 Å². The van der Waals surface area contributed by atoms with E-state index in [4.69, 9.17) is 4.74 Å². The lowest BCUT2D eigenvalue weighted by Crippen LogP contribution is -1.99. The Kier molecular flexibility index (Phi) is 6.76. The number of ether oxygens (including phenoxy) is 1. The number of hydrogen-bond donors (Lipinski definition) is 0. The number of carbonyl (C=O) groups excluding carboxylic acids is 1. The van der Waals surface area contributed by atoms with Crippen LogP contribution in [-0.2, 0) is 9.53 Å². The summed E-state index contributed by atoms with van der Waals surface area (Å²) in [5, 5.41) is 0. The fourth-order valence-corrected chi connectivity index (χ4v) is 1.14. The molecular weight excluding hydrogens is 188 g/mol. The van der Waals surface area contributed by atoms with Crippen molar-refractivity contribution in [1.29, 1.82) is 0 Å². The second kappa shape index (κ2) is 7.27. The van der Waals surface area contributed by atoms with Crippen molar-refractivity contribution >= 4 is 5.97 Å². The number of rotatable bonds is 5. The third kappa shape index (κ3) is 7.98. The first-order chi connectivity index (χ1) is 6.93. The van der Waals surface area contributed by atoms with Gasteiger partial charge in [-0.15, -0.1) is 0 Å². The quantitative estimate of drug-likeness (QED) is 0.391. The predicted molar refractivity (Wildman–Crippen MR) is 63.4 cm³/mol. The molecule has 0 unspecified atom stereocenters. The van der Waals surface area contributed by atoms with Gasteiger partial charge >= 0.3 is 5.97 Å². The summed E-state index contributed by atoms with van der Waals surface area (Å²) < 4.78 is 4.84. The first kappa shape index (κ1) is 13.9. The minimum atomic E-state index is -0.258. The Balaban J connectivity index is 3.98. The number of hydrogen-bond acceptors (Lipinski definition) is 2. The Morgan fingerprint density at radius 2 is 1.87 bits per heavy atom. The summed E-state index contributed by atoms with van der Waals surface area (Å²) in [4.78, 5) is 10.6. The molecule has 0 radical (unpaired) electrons. The first-order valence-electron chi connectivity index (χ1n) is 5.40. The summed E-state index contributed by atoms with van der Waals surface area (Å²) in [7, 11) is 0. The molecule has 0 aromatic heterocycles. The van der Waals surface area contributed by atoms with Crippen LogP contribution in [0.1, 0.15) is 47.5 Å². The summed E-state index contributed by atoms with van der Waals surface area (Å²) in [6, 6.07) is 0. The van der Waals surface area contributed by atoms with E-state index in [1.165, 1.54) is 12.5 Å². The monoisotopic (exact) mass is 210 g/mol. The molecule has 0 spiro atoms. The fourth-order valence-electron chi connectivity index (χ4n) is 1.14. The molecule has 0 aliphatic rings. The molecule has 0 rings (SSSR count). The Morgan fingerprint density at radius 1 is 1.27 bits per heavy atom. The number of esters is 1. The fraction of sp³-hybridized carbons (Fsp3) is 0.615. The molecule has 1 atom stereocenters. The van der Waals surface area contributed by atoms with Gasteiger partial charge in [-0.3, -0.25) is 4.79 Å². The van der Waals surface area contributed by atoms with Crippen molar-refractivity contribution in [2.75, 3.05) is 0 Å². The van der Waals surface area contributed by atoms with E-state index in [1.54, 1.807) is 6.26 Å². The molecule has 0 aliphatic heterocycles. The van der Waals surface area contributed by atoms with Crippen molar-refractivity contribution in [1.82, 2.24) is 0 Å². The zero-order chi connectivity index (χ0) is 11.8. The van der Waals surface area contributed by atoms with E-state index in [-0.39, 0.29) is 5.97 Å². The average Bonchev–Trinajstić information content (AvgIpc) is 2.13. The van der Waals surface area contributed by atoms with E-state index in [2.05, 4.69) is 26.8 Å². The third-order valence-corrected chi connectivity index (χ3v) is 2.34. The highest BCUT2D eigenvalue weighted by molar-refractivity contribution is 5.66. The summed E-state index contributed by atoms with van der Waals surface area (Å²) in [5.41, 5.74) is 2.47. The molecule has 0 aliphatic carbocycles. The van der Waals surface area contributed by atoms with Crippen molar-refractivity contribution in [3.63, 3.8) is 0 Å². The van der Waals surface area contributed by atoms with E-state index in [0.717, 1.165) is 18.4 Å². The summed E-state index contributed by atoms with van der Waals surface area (Å²) >= 11 is 0. The Bertz CT molecular complexity index is 258. The molecule has 2 heteroatoms. The lowest BCUT2D eigenvalue weighted by molar-refractivity contribution is -0.135. The molecule has 86 valence electrons. The average molecular weight is 210 g/mol. The zero-order valence-corrected chi connectivity index (χ0v) is 10.5. The first-order valence-corrected chi connectivity index (χ1v) is 5.40. The van der Waals surface area contributed by atoms with E-state index >= 15 is 0 Å². The molecule has 0 amide bonds. The summed E-state index contributed by atoms with van der Waals surface area (Å²) in [5.74, 6) is 0.200. The highest BCUT2D eigenvalue weighted by Crippen LogP contribution is 2.16. The summed E-state index contributed by atoms with van der Waals surface area (Å²) in [6.07, 6.45) is 5.97. The highest BCUT2D eigenvalue weighted by atomic mass is 16.5. The largest absolute Gasteiger partial charge is 0.435 e. The molecular formula is C13H22O2. The lowest BCUT2D eigenvalue weighted by atomic mass is 9.98. The van der Waals surface area contributed by atoms with Gasteiger partial charge < -0.3 is 4.74 Å². The van der Waals surface area contributed by atoms with Crippen LogP contribution in [0.3, 0.4) is 0 Å². The van der Waals surface area contributed by atoms with Gasteiger partial charge in [-0.1, -0.05) is 18.6 Å². The smallest absolute Gasteiger partial charge is 0.307 e. The van der Waals surface area contributed by atoms with Gasteiger partial charge in [-0.05, 0) is 45.1 Å². The molecule has 0 aromatic rings. The van der Waals surface area contributed by atoms with Crippen LogP contribution >= 0.6 is 0 Å². The predicted octanol–water partition coefficient (Wildman–Crippen LogP) is 3.84. The minimum Gasteiger partial charge on any atom is -0.435 e. The van der Waals surface area contributed by atoms with Crippen LogP contribution in [0.25, 0.3) is 0 Å². The minimum absolute atomic E-state index is 0.258. The van der Waals surface area contributed by atoms with Crippen LogP contribution in [0.15, 0.2) is 23.5 Å². The molecule has 0 bridgehead atoms. The van der Waals surface area contributed by atoms with Gasteiger partial charge in [-0.2, -0.15) is 0 Å². The molecule has 0 heterocycles. The molecule has 15 heavy (non-hydrogen) atoms. The van der Waals surface area contributed by atoms with Crippen LogP contribution in [0, 0.1) is 5.92 Å². The zero-order valence-electron chi connectivity index (χ0n) is 10.5. The standard InChI is InChI=1S/C13H22O2/c1-10(2)7-6-8-11(3)12(4)9-15-13(5)14/h7,9,11H,6,8H2,1-5H3/t11-/m0/s1. The topological polar surface area (TPSA) is 26.3 Å². The Labute approximate surface area is 93.0 Å². The van der Waals surface area contributed by atoms with Crippen molar-refractivity contribution in [2.24, 2.45) is 5.92 Å². The maximum Gasteiger partial charge on any atom is 0.307 e. The Morgan fingerprint density at radius 3 is 2.33 bits per heavy atom. The van der Waals surface area contributed by atoms with E-state index in [1.807, 2.05) is 6.92 Å². The van der Waals surface area contributed by atoms with Crippen LogP contribution < -0.4 is 0 Å².